The third-order valence-electron chi connectivity index (χ3n) is 3.34. The number of amides is 1. The summed E-state index contributed by atoms with van der Waals surface area (Å²) in [5.41, 5.74) is 5.71. The maximum absolute atomic E-state index is 13.5. The Morgan fingerprint density at radius 3 is 2.62 bits per heavy atom. The normalized spacial score (nSPS) is 15.0. The van der Waals surface area contributed by atoms with Gasteiger partial charge >= 0.3 is 0 Å². The summed E-state index contributed by atoms with van der Waals surface area (Å²) in [6.07, 6.45) is 1.84. The highest BCUT2D eigenvalue weighted by Gasteiger charge is 2.26. The highest BCUT2D eigenvalue weighted by Crippen LogP contribution is 2.27. The Morgan fingerprint density at radius 1 is 1.43 bits per heavy atom. The molecule has 6 nitrogen and oxygen atoms in total. The van der Waals surface area contributed by atoms with E-state index in [0.717, 1.165) is 18.9 Å². The second kappa shape index (κ2) is 5.61. The topological polar surface area (TPSA) is 101 Å². The van der Waals surface area contributed by atoms with E-state index < -0.39 is 15.8 Å². The second-order valence-corrected chi connectivity index (χ2v) is 6.91. The smallest absolute Gasteiger partial charge is 0.241 e. The molecule has 0 aliphatic heterocycles. The molecule has 1 amide bonds. The molecule has 0 radical (unpaired) electrons. The van der Waals surface area contributed by atoms with Crippen LogP contribution in [0.3, 0.4) is 0 Å². The zero-order chi connectivity index (χ0) is 15.8. The number of hydrogen-bond acceptors (Lipinski definition) is 4. The van der Waals surface area contributed by atoms with Gasteiger partial charge in [0, 0.05) is 6.04 Å². The van der Waals surface area contributed by atoms with Crippen molar-refractivity contribution in [3.8, 4) is 0 Å². The number of rotatable bonds is 5. The van der Waals surface area contributed by atoms with Gasteiger partial charge in [-0.3, -0.25) is 4.79 Å². The van der Waals surface area contributed by atoms with E-state index in [1.807, 2.05) is 0 Å². The molecule has 0 unspecified atom stereocenters. The molecular formula is C13H18FN3O3S. The summed E-state index contributed by atoms with van der Waals surface area (Å²) in [7, 11) is -3.93. The summed E-state index contributed by atoms with van der Waals surface area (Å²) < 4.78 is 40.2. The molecule has 21 heavy (non-hydrogen) atoms. The maximum atomic E-state index is 13.5. The highest BCUT2D eigenvalue weighted by atomic mass is 32.2. The average Bonchev–Trinajstić information content (AvgIpc) is 3.17. The molecule has 4 N–H and O–H groups in total. The van der Waals surface area contributed by atoms with Crippen molar-refractivity contribution in [2.45, 2.75) is 37.6 Å². The highest BCUT2D eigenvalue weighted by molar-refractivity contribution is 7.89. The van der Waals surface area contributed by atoms with Gasteiger partial charge < -0.3 is 11.1 Å². The van der Waals surface area contributed by atoms with Crippen molar-refractivity contribution in [1.29, 1.82) is 0 Å². The third-order valence-corrected chi connectivity index (χ3v) is 5.03. The predicted octanol–water partition coefficient (Wildman–Crippen LogP) is 0.582. The van der Waals surface area contributed by atoms with Crippen molar-refractivity contribution in [3.05, 3.63) is 23.0 Å². The van der Waals surface area contributed by atoms with Gasteiger partial charge in [-0.2, -0.15) is 0 Å². The standard InChI is InChI=1S/C13H18FN3O3S/c1-7-5-10(14)12(15)8(2)13(7)21(19,20)16-6-11(18)17-9-3-4-9/h5,9,16H,3-4,6,15H2,1-2H3,(H,17,18). The lowest BCUT2D eigenvalue weighted by molar-refractivity contribution is -0.120. The number of anilines is 1. The van der Waals surface area contributed by atoms with Crippen molar-refractivity contribution in [3.63, 3.8) is 0 Å². The maximum Gasteiger partial charge on any atom is 0.241 e. The molecule has 0 aromatic heterocycles. The Kier molecular flexibility index (Phi) is 4.20. The quantitative estimate of drug-likeness (QED) is 0.692. The van der Waals surface area contributed by atoms with Crippen LogP contribution in [-0.2, 0) is 14.8 Å². The third kappa shape index (κ3) is 3.51. The van der Waals surface area contributed by atoms with E-state index >= 15 is 0 Å². The molecular weight excluding hydrogens is 297 g/mol. The number of hydrogen-bond donors (Lipinski definition) is 3. The van der Waals surface area contributed by atoms with E-state index in [9.17, 15) is 17.6 Å². The SMILES string of the molecule is Cc1cc(F)c(N)c(C)c1S(=O)(=O)NCC(=O)NC1CC1. The van der Waals surface area contributed by atoms with E-state index in [4.69, 9.17) is 5.73 Å². The van der Waals surface area contributed by atoms with E-state index in [2.05, 4.69) is 10.0 Å². The van der Waals surface area contributed by atoms with Gasteiger partial charge in [0.1, 0.15) is 5.82 Å². The molecule has 0 heterocycles. The van der Waals surface area contributed by atoms with Crippen molar-refractivity contribution in [2.24, 2.45) is 0 Å². The Balaban J connectivity index is 2.19. The number of benzene rings is 1. The van der Waals surface area contributed by atoms with Crippen LogP contribution in [0.25, 0.3) is 0 Å². The first-order chi connectivity index (χ1) is 9.72. The first-order valence-corrected chi connectivity index (χ1v) is 8.05. The number of nitrogens with two attached hydrogens (primary N) is 1. The molecule has 0 saturated heterocycles. The molecule has 116 valence electrons. The van der Waals surface area contributed by atoms with E-state index in [1.165, 1.54) is 13.8 Å². The number of sulfonamides is 1. The summed E-state index contributed by atoms with van der Waals surface area (Å²) in [5, 5.41) is 2.68. The van der Waals surface area contributed by atoms with E-state index in [0.29, 0.717) is 0 Å². The van der Waals surface area contributed by atoms with Crippen LogP contribution in [0.5, 0.6) is 0 Å². The number of aryl methyl sites for hydroxylation is 1. The number of halogens is 1. The largest absolute Gasteiger partial charge is 0.396 e. The fraction of sp³-hybridized carbons (Fsp3) is 0.462. The van der Waals surface area contributed by atoms with Crippen LogP contribution in [0.4, 0.5) is 10.1 Å². The number of nitrogen functional groups attached to an aromatic ring is 1. The molecule has 8 heteroatoms. The van der Waals surface area contributed by atoms with Gasteiger partial charge in [-0.25, -0.2) is 17.5 Å². The molecule has 1 saturated carbocycles. The fourth-order valence-electron chi connectivity index (χ4n) is 2.08. The van der Waals surface area contributed by atoms with Gasteiger partial charge in [-0.05, 0) is 43.9 Å². The van der Waals surface area contributed by atoms with Gasteiger partial charge in [-0.15, -0.1) is 0 Å². The minimum atomic E-state index is -3.93. The van der Waals surface area contributed by atoms with Crippen LogP contribution in [0.15, 0.2) is 11.0 Å². The zero-order valence-corrected chi connectivity index (χ0v) is 12.7. The van der Waals surface area contributed by atoms with E-state index in [1.54, 1.807) is 0 Å². The summed E-state index contributed by atoms with van der Waals surface area (Å²) in [4.78, 5) is 11.5. The van der Waals surface area contributed by atoms with Crippen LogP contribution < -0.4 is 15.8 Å². The summed E-state index contributed by atoms with van der Waals surface area (Å²) in [5.74, 6) is -1.04. The van der Waals surface area contributed by atoms with Crippen molar-refractivity contribution >= 4 is 21.6 Å². The molecule has 1 aliphatic carbocycles. The van der Waals surface area contributed by atoms with Gasteiger partial charge in [0.2, 0.25) is 15.9 Å². The molecule has 1 aromatic rings. The van der Waals surface area contributed by atoms with Crippen LogP contribution >= 0.6 is 0 Å². The summed E-state index contributed by atoms with van der Waals surface area (Å²) in [6.45, 7) is 2.56. The van der Waals surface area contributed by atoms with Gasteiger partial charge in [-0.1, -0.05) is 0 Å². The molecule has 0 spiro atoms. The number of carbonyl (C=O) groups excluding carboxylic acids is 1. The van der Waals surface area contributed by atoms with Crippen molar-refractivity contribution < 1.29 is 17.6 Å². The second-order valence-electron chi connectivity index (χ2n) is 5.21. The van der Waals surface area contributed by atoms with Crippen LogP contribution in [-0.4, -0.2) is 26.9 Å². The summed E-state index contributed by atoms with van der Waals surface area (Å²) in [6, 6.07) is 1.23. The summed E-state index contributed by atoms with van der Waals surface area (Å²) >= 11 is 0. The minimum absolute atomic E-state index is 0.0828. The van der Waals surface area contributed by atoms with E-state index in [-0.39, 0.29) is 40.2 Å². The first kappa shape index (κ1) is 15.7. The molecule has 1 aliphatic rings. The molecule has 0 atom stereocenters. The molecule has 1 fully saturated rings. The fourth-order valence-corrected chi connectivity index (χ4v) is 3.54. The van der Waals surface area contributed by atoms with Crippen molar-refractivity contribution in [1.82, 2.24) is 10.0 Å². The monoisotopic (exact) mass is 315 g/mol. The Morgan fingerprint density at radius 2 is 2.05 bits per heavy atom. The first-order valence-electron chi connectivity index (χ1n) is 6.56. The lowest BCUT2D eigenvalue weighted by Gasteiger charge is -2.14. The number of nitrogens with one attached hydrogen (secondary N) is 2. The van der Waals surface area contributed by atoms with Crippen molar-refractivity contribution in [2.75, 3.05) is 12.3 Å². The minimum Gasteiger partial charge on any atom is -0.396 e. The average molecular weight is 315 g/mol. The number of carbonyl (C=O) groups is 1. The Labute approximate surface area is 123 Å². The lowest BCUT2D eigenvalue weighted by atomic mass is 10.1. The Hall–Kier alpha value is -1.67. The van der Waals surface area contributed by atoms with Gasteiger partial charge in [0.15, 0.2) is 0 Å². The molecule has 0 bridgehead atoms. The van der Waals surface area contributed by atoms with Crippen LogP contribution in [0.2, 0.25) is 0 Å². The van der Waals surface area contributed by atoms with Crippen LogP contribution in [0.1, 0.15) is 24.0 Å². The Bertz CT molecular complexity index is 684. The molecule has 1 aromatic carbocycles. The lowest BCUT2D eigenvalue weighted by Crippen LogP contribution is -2.38. The van der Waals surface area contributed by atoms with Gasteiger partial charge in [0.25, 0.3) is 0 Å². The zero-order valence-electron chi connectivity index (χ0n) is 11.9. The molecule has 2 rings (SSSR count). The van der Waals surface area contributed by atoms with Gasteiger partial charge in [0.05, 0.1) is 17.1 Å². The predicted molar refractivity (Wildman–Crippen MR) is 76.6 cm³/mol. The van der Waals surface area contributed by atoms with Crippen LogP contribution in [0, 0.1) is 19.7 Å².